The van der Waals surface area contributed by atoms with Crippen LogP contribution in [0, 0.1) is 5.92 Å². The number of carbonyl (C=O) groups is 1. The molecule has 5 nitrogen and oxygen atoms in total. The van der Waals surface area contributed by atoms with Gasteiger partial charge in [-0.05, 0) is 50.2 Å². The maximum absolute atomic E-state index is 12.7. The summed E-state index contributed by atoms with van der Waals surface area (Å²) < 4.78 is 5.24. The predicted molar refractivity (Wildman–Crippen MR) is 105 cm³/mol. The zero-order valence-electron chi connectivity index (χ0n) is 15.5. The van der Waals surface area contributed by atoms with Crippen LogP contribution >= 0.6 is 12.2 Å². The molecule has 0 spiro atoms. The fraction of sp³-hybridized carbons (Fsp3) is 0.579. The van der Waals surface area contributed by atoms with E-state index in [0.717, 1.165) is 29.4 Å². The van der Waals surface area contributed by atoms with E-state index >= 15 is 0 Å². The molecule has 138 valence electrons. The summed E-state index contributed by atoms with van der Waals surface area (Å²) in [6.07, 6.45) is 0.933. The summed E-state index contributed by atoms with van der Waals surface area (Å²) in [5.41, 5.74) is 1.15. The van der Waals surface area contributed by atoms with Crippen molar-refractivity contribution < 1.29 is 9.53 Å². The fourth-order valence-electron chi connectivity index (χ4n) is 3.14. The highest BCUT2D eigenvalue weighted by molar-refractivity contribution is 7.80. The van der Waals surface area contributed by atoms with Gasteiger partial charge in [0.25, 0.3) is 0 Å². The van der Waals surface area contributed by atoms with Crippen molar-refractivity contribution >= 4 is 23.2 Å². The van der Waals surface area contributed by atoms with Crippen LogP contribution in [0.1, 0.15) is 38.7 Å². The van der Waals surface area contributed by atoms with Crippen molar-refractivity contribution in [2.24, 2.45) is 5.92 Å². The normalized spacial score (nSPS) is 19.8. The second-order valence-corrected chi connectivity index (χ2v) is 7.17. The smallest absolute Gasteiger partial charge is 0.225 e. The van der Waals surface area contributed by atoms with E-state index in [4.69, 9.17) is 17.0 Å². The van der Waals surface area contributed by atoms with Crippen molar-refractivity contribution in [3.8, 4) is 5.75 Å². The number of ether oxygens (including phenoxy) is 1. The van der Waals surface area contributed by atoms with Crippen LogP contribution in [0.15, 0.2) is 24.3 Å². The van der Waals surface area contributed by atoms with Crippen LogP contribution < -0.4 is 15.4 Å². The van der Waals surface area contributed by atoms with Gasteiger partial charge in [0, 0.05) is 31.6 Å². The summed E-state index contributed by atoms with van der Waals surface area (Å²) in [5, 5.41) is 7.05. The Morgan fingerprint density at radius 3 is 2.56 bits per heavy atom. The molecule has 1 heterocycles. The molecule has 1 fully saturated rings. The lowest BCUT2D eigenvalue weighted by Gasteiger charge is -2.22. The van der Waals surface area contributed by atoms with Crippen LogP contribution in [0.4, 0.5) is 0 Å². The number of likely N-dealkylation sites (tertiary alicyclic amines) is 1. The van der Waals surface area contributed by atoms with Gasteiger partial charge in [0.15, 0.2) is 5.11 Å². The van der Waals surface area contributed by atoms with Crippen molar-refractivity contribution in [3.05, 3.63) is 29.8 Å². The van der Waals surface area contributed by atoms with E-state index in [1.165, 1.54) is 0 Å². The molecular weight excluding hydrogens is 334 g/mol. The Morgan fingerprint density at radius 2 is 2.00 bits per heavy atom. The number of rotatable bonds is 6. The average Bonchev–Trinajstić information content (AvgIpc) is 3.04. The quantitative estimate of drug-likeness (QED) is 0.761. The number of hydrogen-bond acceptors (Lipinski definition) is 3. The van der Waals surface area contributed by atoms with Crippen molar-refractivity contribution in [2.75, 3.05) is 26.7 Å². The van der Waals surface area contributed by atoms with Crippen LogP contribution in [0.2, 0.25) is 0 Å². The maximum Gasteiger partial charge on any atom is 0.225 e. The molecule has 0 radical (unpaired) electrons. The minimum absolute atomic E-state index is 0.105. The number of methoxy groups -OCH3 is 1. The number of thiocarbonyl (C=S) groups is 1. The summed E-state index contributed by atoms with van der Waals surface area (Å²) in [4.78, 5) is 14.8. The van der Waals surface area contributed by atoms with Gasteiger partial charge in [-0.1, -0.05) is 19.1 Å². The van der Waals surface area contributed by atoms with E-state index in [-0.39, 0.29) is 23.8 Å². The molecule has 1 saturated heterocycles. The molecule has 1 aromatic rings. The Hall–Kier alpha value is -1.82. The van der Waals surface area contributed by atoms with Gasteiger partial charge < -0.3 is 20.3 Å². The number of carbonyl (C=O) groups excluding carboxylic acids is 1. The first kappa shape index (κ1) is 19.5. The largest absolute Gasteiger partial charge is 0.497 e. The van der Waals surface area contributed by atoms with Gasteiger partial charge in [-0.25, -0.2) is 0 Å². The lowest BCUT2D eigenvalue weighted by molar-refractivity contribution is -0.124. The zero-order valence-corrected chi connectivity index (χ0v) is 16.4. The van der Waals surface area contributed by atoms with Crippen molar-refractivity contribution in [1.29, 1.82) is 0 Å². The molecule has 0 aromatic heterocycles. The van der Waals surface area contributed by atoms with Crippen molar-refractivity contribution in [2.45, 2.75) is 39.2 Å². The number of amides is 1. The highest BCUT2D eigenvalue weighted by Gasteiger charge is 2.39. The first-order chi connectivity index (χ1) is 12.0. The number of nitrogens with zero attached hydrogens (tertiary/aromatic N) is 1. The van der Waals surface area contributed by atoms with E-state index < -0.39 is 0 Å². The first-order valence-corrected chi connectivity index (χ1v) is 9.34. The Bertz CT molecular complexity index is 589. The molecule has 0 aliphatic carbocycles. The van der Waals surface area contributed by atoms with Crippen LogP contribution in [-0.2, 0) is 4.79 Å². The fourth-order valence-corrected chi connectivity index (χ4v) is 3.53. The molecule has 6 heteroatoms. The van der Waals surface area contributed by atoms with Gasteiger partial charge >= 0.3 is 0 Å². The SMILES string of the molecule is CCCNC(=O)[C@@H]1CN(C(=S)NC(C)C)C[C@H]1c1ccc(OC)cc1. The van der Waals surface area contributed by atoms with Crippen LogP contribution in [0.3, 0.4) is 0 Å². The molecule has 0 bridgehead atoms. The summed E-state index contributed by atoms with van der Waals surface area (Å²) in [7, 11) is 1.66. The molecular formula is C19H29N3O2S. The van der Waals surface area contributed by atoms with Gasteiger partial charge in [-0.3, -0.25) is 4.79 Å². The second kappa shape index (κ2) is 9.04. The van der Waals surface area contributed by atoms with Crippen molar-refractivity contribution in [3.63, 3.8) is 0 Å². The predicted octanol–water partition coefficient (Wildman–Crippen LogP) is 2.52. The lowest BCUT2D eigenvalue weighted by atomic mass is 9.88. The van der Waals surface area contributed by atoms with Crippen LogP contribution in [-0.4, -0.2) is 48.7 Å². The van der Waals surface area contributed by atoms with E-state index in [1.807, 2.05) is 24.3 Å². The van der Waals surface area contributed by atoms with Crippen LogP contribution in [0.25, 0.3) is 0 Å². The first-order valence-electron chi connectivity index (χ1n) is 8.93. The minimum Gasteiger partial charge on any atom is -0.497 e. The molecule has 0 saturated carbocycles. The van der Waals surface area contributed by atoms with Gasteiger partial charge in [-0.2, -0.15) is 0 Å². The molecule has 2 rings (SSSR count). The maximum atomic E-state index is 12.7. The van der Waals surface area contributed by atoms with Gasteiger partial charge in [0.05, 0.1) is 13.0 Å². The number of benzene rings is 1. The third-order valence-corrected chi connectivity index (χ3v) is 4.83. The highest BCUT2D eigenvalue weighted by atomic mass is 32.1. The Kier molecular flexibility index (Phi) is 7.05. The van der Waals surface area contributed by atoms with Gasteiger partial charge in [0.1, 0.15) is 5.75 Å². The standard InChI is InChI=1S/C19H29N3O2S/c1-5-10-20-18(23)17-12-22(19(25)21-13(2)3)11-16(17)14-6-8-15(24-4)9-7-14/h6-9,13,16-17H,5,10-12H2,1-4H3,(H,20,23)(H,21,25)/t16-,17+/m0/s1. The van der Waals surface area contributed by atoms with E-state index in [9.17, 15) is 4.79 Å². The highest BCUT2D eigenvalue weighted by Crippen LogP contribution is 2.34. The Labute approximate surface area is 156 Å². The van der Waals surface area contributed by atoms with Crippen molar-refractivity contribution in [1.82, 2.24) is 15.5 Å². The van der Waals surface area contributed by atoms with Gasteiger partial charge in [0.2, 0.25) is 5.91 Å². The summed E-state index contributed by atoms with van der Waals surface area (Å²) >= 11 is 5.52. The molecule has 0 unspecified atom stereocenters. The summed E-state index contributed by atoms with van der Waals surface area (Å²) in [6.45, 7) is 8.28. The van der Waals surface area contributed by atoms with Gasteiger partial charge in [-0.15, -0.1) is 0 Å². The summed E-state index contributed by atoms with van der Waals surface area (Å²) in [5.74, 6) is 0.946. The summed E-state index contributed by atoms with van der Waals surface area (Å²) in [6, 6.07) is 8.27. The van der Waals surface area contributed by atoms with Crippen LogP contribution in [0.5, 0.6) is 5.75 Å². The molecule has 1 aliphatic heterocycles. The monoisotopic (exact) mass is 363 g/mol. The Balaban J connectivity index is 2.18. The molecule has 2 N–H and O–H groups in total. The van der Waals surface area contributed by atoms with E-state index in [2.05, 4.69) is 36.3 Å². The van der Waals surface area contributed by atoms with E-state index in [1.54, 1.807) is 7.11 Å². The van der Waals surface area contributed by atoms with E-state index in [0.29, 0.717) is 13.1 Å². The number of nitrogens with one attached hydrogen (secondary N) is 2. The number of hydrogen-bond donors (Lipinski definition) is 2. The molecule has 1 amide bonds. The average molecular weight is 364 g/mol. The third kappa shape index (κ3) is 5.08. The lowest BCUT2D eigenvalue weighted by Crippen LogP contribution is -2.42. The molecule has 2 atom stereocenters. The zero-order chi connectivity index (χ0) is 18.4. The Morgan fingerprint density at radius 1 is 1.32 bits per heavy atom. The molecule has 1 aromatic carbocycles. The minimum atomic E-state index is -0.105. The second-order valence-electron chi connectivity index (χ2n) is 6.79. The molecule has 1 aliphatic rings. The topological polar surface area (TPSA) is 53.6 Å². The third-order valence-electron chi connectivity index (χ3n) is 4.45. The molecule has 25 heavy (non-hydrogen) atoms.